The molecule has 0 saturated heterocycles. The Morgan fingerprint density at radius 1 is 1.53 bits per heavy atom. The summed E-state index contributed by atoms with van der Waals surface area (Å²) in [6.07, 6.45) is -0.278. The number of carbonyl (C=O) groups is 1. The lowest BCUT2D eigenvalue weighted by Crippen LogP contribution is -2.35. The third-order valence-electron chi connectivity index (χ3n) is 2.94. The number of aliphatic hydroxyl groups excluding tert-OH is 1. The molecule has 1 aliphatic carbocycles. The van der Waals surface area contributed by atoms with Crippen molar-refractivity contribution in [1.29, 1.82) is 0 Å². The Kier molecular flexibility index (Phi) is 5.27. The van der Waals surface area contributed by atoms with Crippen LogP contribution in [0.4, 0.5) is 8.78 Å². The molecular weight excluding hydrogens is 232 g/mol. The molecule has 4 nitrogen and oxygen atoms in total. The normalized spacial score (nSPS) is 22.7. The largest absolute Gasteiger partial charge is 0.394 e. The fraction of sp³-hybridized carbons (Fsp3) is 0.909. The van der Waals surface area contributed by atoms with Crippen LogP contribution in [-0.4, -0.2) is 55.2 Å². The maximum atomic E-state index is 12.9. The Balaban J connectivity index is 2.27. The Morgan fingerprint density at radius 2 is 2.24 bits per heavy atom. The first-order valence-corrected chi connectivity index (χ1v) is 5.77. The zero-order valence-corrected chi connectivity index (χ0v) is 9.99. The third-order valence-corrected chi connectivity index (χ3v) is 2.94. The number of nitrogens with zero attached hydrogens (tertiary/aromatic N) is 1. The minimum Gasteiger partial charge on any atom is -0.394 e. The highest BCUT2D eigenvalue weighted by Gasteiger charge is 2.43. The summed E-state index contributed by atoms with van der Waals surface area (Å²) in [6.45, 7) is 0.836. The first kappa shape index (κ1) is 14.3. The molecular formula is C11H19F2NO3. The molecule has 6 heteroatoms. The maximum Gasteiger partial charge on any atom is 0.248 e. The van der Waals surface area contributed by atoms with Gasteiger partial charge < -0.3 is 14.7 Å². The lowest BCUT2D eigenvalue weighted by atomic mass is 10.1. The van der Waals surface area contributed by atoms with Gasteiger partial charge in [-0.05, 0) is 6.42 Å². The van der Waals surface area contributed by atoms with Gasteiger partial charge in [0, 0.05) is 32.4 Å². The molecule has 1 saturated carbocycles. The number of ether oxygens (including phenoxy) is 1. The van der Waals surface area contributed by atoms with Crippen LogP contribution in [0.1, 0.15) is 19.3 Å². The number of alkyl halides is 2. The molecule has 100 valence electrons. The highest BCUT2D eigenvalue weighted by molar-refractivity contribution is 5.79. The highest BCUT2D eigenvalue weighted by Crippen LogP contribution is 2.39. The van der Waals surface area contributed by atoms with Gasteiger partial charge in [-0.15, -0.1) is 0 Å². The number of amides is 1. The van der Waals surface area contributed by atoms with Gasteiger partial charge in [0.2, 0.25) is 11.8 Å². The predicted octanol–water partition coefficient (Wildman–Crippen LogP) is 0.889. The molecule has 17 heavy (non-hydrogen) atoms. The van der Waals surface area contributed by atoms with Crippen molar-refractivity contribution in [2.45, 2.75) is 25.2 Å². The Bertz CT molecular complexity index is 261. The standard InChI is InChI=1S/C11H19F2NO3/c1-14(4-6-17-7-5-15)10(16)9-2-3-11(12,13)8-9/h9,15H,2-8H2,1H3. The van der Waals surface area contributed by atoms with Gasteiger partial charge in [0.15, 0.2) is 0 Å². The van der Waals surface area contributed by atoms with Crippen LogP contribution < -0.4 is 0 Å². The second-order valence-electron chi connectivity index (χ2n) is 4.39. The van der Waals surface area contributed by atoms with E-state index < -0.39 is 11.8 Å². The number of halogens is 2. The molecule has 0 aromatic rings. The van der Waals surface area contributed by atoms with Gasteiger partial charge >= 0.3 is 0 Å². The summed E-state index contributed by atoms with van der Waals surface area (Å²) in [5, 5.41) is 8.48. The van der Waals surface area contributed by atoms with Crippen LogP contribution in [0, 0.1) is 5.92 Å². The van der Waals surface area contributed by atoms with E-state index in [2.05, 4.69) is 0 Å². The van der Waals surface area contributed by atoms with Crippen LogP contribution in [0.15, 0.2) is 0 Å². The quantitative estimate of drug-likeness (QED) is 0.713. The van der Waals surface area contributed by atoms with Gasteiger partial charge in [-0.25, -0.2) is 8.78 Å². The van der Waals surface area contributed by atoms with Crippen LogP contribution in [0.25, 0.3) is 0 Å². The summed E-state index contributed by atoms with van der Waals surface area (Å²) in [6, 6.07) is 0. The molecule has 0 aromatic carbocycles. The molecule has 0 bridgehead atoms. The van der Waals surface area contributed by atoms with Crippen molar-refractivity contribution in [3.05, 3.63) is 0 Å². The SMILES string of the molecule is CN(CCOCCO)C(=O)C1CCC(F)(F)C1. The van der Waals surface area contributed by atoms with Crippen molar-refractivity contribution in [2.24, 2.45) is 5.92 Å². The highest BCUT2D eigenvalue weighted by atomic mass is 19.3. The van der Waals surface area contributed by atoms with E-state index in [1.54, 1.807) is 7.05 Å². The molecule has 0 radical (unpaired) electrons. The maximum absolute atomic E-state index is 12.9. The zero-order valence-electron chi connectivity index (χ0n) is 9.99. The molecule has 0 spiro atoms. The van der Waals surface area contributed by atoms with Crippen molar-refractivity contribution in [3.63, 3.8) is 0 Å². The fourth-order valence-electron chi connectivity index (χ4n) is 1.95. The lowest BCUT2D eigenvalue weighted by Gasteiger charge is -2.20. The number of likely N-dealkylation sites (N-methyl/N-ethyl adjacent to an activating group) is 1. The summed E-state index contributed by atoms with van der Waals surface area (Å²) >= 11 is 0. The van der Waals surface area contributed by atoms with E-state index in [0.29, 0.717) is 13.2 Å². The van der Waals surface area contributed by atoms with E-state index in [4.69, 9.17) is 9.84 Å². The molecule has 1 rings (SSSR count). The average molecular weight is 251 g/mol. The van der Waals surface area contributed by atoms with E-state index >= 15 is 0 Å². The van der Waals surface area contributed by atoms with E-state index in [1.807, 2.05) is 0 Å². The number of rotatable bonds is 6. The number of carbonyl (C=O) groups excluding carboxylic acids is 1. The van der Waals surface area contributed by atoms with Crippen LogP contribution in [0.5, 0.6) is 0 Å². The Labute approximate surface area is 99.5 Å². The van der Waals surface area contributed by atoms with Gasteiger partial charge in [0.05, 0.1) is 19.8 Å². The minimum absolute atomic E-state index is 0.0630. The first-order chi connectivity index (χ1) is 7.96. The van der Waals surface area contributed by atoms with Crippen molar-refractivity contribution >= 4 is 5.91 Å². The fourth-order valence-corrected chi connectivity index (χ4v) is 1.95. The molecule has 1 aliphatic rings. The molecule has 1 N–H and O–H groups in total. The van der Waals surface area contributed by atoms with Gasteiger partial charge in [0.25, 0.3) is 0 Å². The number of hydrogen-bond acceptors (Lipinski definition) is 3. The van der Waals surface area contributed by atoms with Crippen molar-refractivity contribution in [3.8, 4) is 0 Å². The molecule has 1 amide bonds. The van der Waals surface area contributed by atoms with Crippen molar-refractivity contribution < 1.29 is 23.4 Å². The van der Waals surface area contributed by atoms with Gasteiger partial charge in [-0.2, -0.15) is 0 Å². The van der Waals surface area contributed by atoms with Gasteiger partial charge in [0.1, 0.15) is 0 Å². The second-order valence-corrected chi connectivity index (χ2v) is 4.39. The van der Waals surface area contributed by atoms with Crippen molar-refractivity contribution in [2.75, 3.05) is 33.4 Å². The van der Waals surface area contributed by atoms with Crippen LogP contribution in [0.3, 0.4) is 0 Å². The van der Waals surface area contributed by atoms with Crippen molar-refractivity contribution in [1.82, 2.24) is 4.90 Å². The Morgan fingerprint density at radius 3 is 2.76 bits per heavy atom. The summed E-state index contributed by atoms with van der Waals surface area (Å²) < 4.78 is 30.9. The van der Waals surface area contributed by atoms with E-state index in [0.717, 1.165) is 0 Å². The molecule has 0 aliphatic heterocycles. The van der Waals surface area contributed by atoms with Gasteiger partial charge in [-0.3, -0.25) is 4.79 Å². The van der Waals surface area contributed by atoms with Crippen LogP contribution >= 0.6 is 0 Å². The smallest absolute Gasteiger partial charge is 0.248 e. The molecule has 1 atom stereocenters. The average Bonchev–Trinajstić information content (AvgIpc) is 2.64. The summed E-state index contributed by atoms with van der Waals surface area (Å²) in [5.74, 6) is -3.49. The zero-order chi connectivity index (χ0) is 12.9. The van der Waals surface area contributed by atoms with E-state index in [-0.39, 0.29) is 38.4 Å². The number of aliphatic hydroxyl groups is 1. The van der Waals surface area contributed by atoms with E-state index in [9.17, 15) is 13.6 Å². The second kappa shape index (κ2) is 6.26. The molecule has 1 fully saturated rings. The molecule has 0 aromatic heterocycles. The van der Waals surface area contributed by atoms with Crippen LogP contribution in [0.2, 0.25) is 0 Å². The third kappa shape index (κ3) is 4.55. The minimum atomic E-state index is -2.69. The van der Waals surface area contributed by atoms with E-state index in [1.165, 1.54) is 4.90 Å². The summed E-state index contributed by atoms with van der Waals surface area (Å²) in [5.41, 5.74) is 0. The monoisotopic (exact) mass is 251 g/mol. The Hall–Kier alpha value is -0.750. The summed E-state index contributed by atoms with van der Waals surface area (Å²) in [7, 11) is 1.58. The predicted molar refractivity (Wildman–Crippen MR) is 57.8 cm³/mol. The first-order valence-electron chi connectivity index (χ1n) is 5.77. The number of hydrogen-bond donors (Lipinski definition) is 1. The van der Waals surface area contributed by atoms with Gasteiger partial charge in [-0.1, -0.05) is 0 Å². The molecule has 0 heterocycles. The topological polar surface area (TPSA) is 49.8 Å². The summed E-state index contributed by atoms with van der Waals surface area (Å²) in [4.78, 5) is 13.2. The lowest BCUT2D eigenvalue weighted by molar-refractivity contribution is -0.135. The molecule has 1 unspecified atom stereocenters. The van der Waals surface area contributed by atoms with Crippen LogP contribution in [-0.2, 0) is 9.53 Å².